The number of para-hydroxylation sites is 4. The van der Waals surface area contributed by atoms with Gasteiger partial charge < -0.3 is 15.7 Å². The van der Waals surface area contributed by atoms with Gasteiger partial charge in [0.05, 0.1) is 22.7 Å². The standard InChI is InChI=1S/C36H20N4O3/c41-16-17-9-10-18-19-11-14-22-31-23(36(43)40-27-8-4-3-7-26(27)39-35(22)40)15-28(42)32(33(19)31)20-12-13-21(29(17)30(18)20)34-37-24-5-1-2-6-25(24)38-34/h1-16,34H,(H3,37,38,39,41,42,43)/p-1. The van der Waals surface area contributed by atoms with Crippen LogP contribution >= 0.6 is 0 Å². The van der Waals surface area contributed by atoms with E-state index < -0.39 is 0 Å². The maximum Gasteiger partial charge on any atom is 0.264 e. The highest BCUT2D eigenvalue weighted by molar-refractivity contribution is 6.37. The molecule has 0 bridgehead atoms. The molecule has 202 valence electrons. The van der Waals surface area contributed by atoms with Crippen molar-refractivity contribution in [2.24, 2.45) is 0 Å². The number of nitrogens with zero attached hydrogens (tertiary/aromatic N) is 3. The van der Waals surface area contributed by atoms with E-state index in [2.05, 4.69) is 5.32 Å². The fraction of sp³-hybridized carbons (Fsp3) is 0.0278. The highest BCUT2D eigenvalue weighted by atomic mass is 16.2. The first-order chi connectivity index (χ1) is 21.1. The molecule has 1 aliphatic rings. The Balaban J connectivity index is 1.40. The zero-order chi connectivity index (χ0) is 28.6. The first-order valence-electron chi connectivity index (χ1n) is 14.1. The number of aliphatic hydroxyl groups is 1. The lowest BCUT2D eigenvalue weighted by atomic mass is 9.85. The Morgan fingerprint density at radius 3 is 2.37 bits per heavy atom. The predicted octanol–water partition coefficient (Wildman–Crippen LogP) is 6.99. The maximum absolute atomic E-state index is 14.1. The monoisotopic (exact) mass is 555 g/mol. The number of rotatable bonds is 1. The van der Waals surface area contributed by atoms with Crippen LogP contribution in [0.2, 0.25) is 0 Å². The highest BCUT2D eigenvalue weighted by Crippen LogP contribution is 2.48. The van der Waals surface area contributed by atoms with E-state index in [1.807, 2.05) is 84.9 Å². The Morgan fingerprint density at radius 1 is 0.744 bits per heavy atom. The number of pyridine rings is 1. The molecule has 0 saturated heterocycles. The molecule has 7 aromatic carbocycles. The fourth-order valence-electron chi connectivity index (χ4n) is 7.41. The molecule has 2 aromatic heterocycles. The molecule has 2 N–H and O–H groups in total. The minimum absolute atomic E-state index is 0.212. The number of aliphatic hydroxyl groups excluding tert-OH is 1. The average molecular weight is 556 g/mol. The number of hydrogen-bond donors (Lipinski definition) is 2. The van der Waals surface area contributed by atoms with Crippen LogP contribution in [0.3, 0.4) is 0 Å². The molecule has 0 amide bonds. The zero-order valence-corrected chi connectivity index (χ0v) is 22.4. The SMILES string of the molecule is O=c1cc2c(=O)n3c4ccccc4nc3c3ccc4c5cc/c(=C\O)c6c(C7[N-]c8ccccc8N7)ccc(c1c4c23)c65. The topological polar surface area (TPSA) is 97.8 Å². The summed E-state index contributed by atoms with van der Waals surface area (Å²) in [4.78, 5) is 32.9. The van der Waals surface area contributed by atoms with Gasteiger partial charge in [-0.05, 0) is 69.0 Å². The summed E-state index contributed by atoms with van der Waals surface area (Å²) >= 11 is 0. The Bertz CT molecular complexity index is 2830. The van der Waals surface area contributed by atoms with Crippen molar-refractivity contribution in [3.8, 4) is 0 Å². The minimum atomic E-state index is -0.352. The molecule has 43 heavy (non-hydrogen) atoms. The van der Waals surface area contributed by atoms with Crippen molar-refractivity contribution in [3.05, 3.63) is 128 Å². The van der Waals surface area contributed by atoms with E-state index in [1.165, 1.54) is 6.07 Å². The molecule has 3 heterocycles. The quantitative estimate of drug-likeness (QED) is 0.168. The van der Waals surface area contributed by atoms with Crippen LogP contribution in [-0.2, 0) is 0 Å². The van der Waals surface area contributed by atoms with Gasteiger partial charge in [0, 0.05) is 32.5 Å². The Hall–Kier alpha value is -5.95. The third-order valence-corrected chi connectivity index (χ3v) is 9.16. The second kappa shape index (κ2) is 7.66. The van der Waals surface area contributed by atoms with Crippen LogP contribution in [0.15, 0.2) is 101 Å². The molecular formula is C36H19N4O3-. The van der Waals surface area contributed by atoms with Crippen molar-refractivity contribution >= 4 is 88.2 Å². The van der Waals surface area contributed by atoms with Crippen LogP contribution < -0.4 is 21.5 Å². The van der Waals surface area contributed by atoms with Crippen LogP contribution in [0.5, 0.6) is 0 Å². The number of nitrogens with one attached hydrogen (secondary N) is 1. The number of benzene rings is 7. The van der Waals surface area contributed by atoms with Crippen molar-refractivity contribution in [1.82, 2.24) is 9.38 Å². The molecule has 10 rings (SSSR count). The van der Waals surface area contributed by atoms with Crippen molar-refractivity contribution in [3.63, 3.8) is 0 Å². The lowest BCUT2D eigenvalue weighted by molar-refractivity contribution is 0.541. The summed E-state index contributed by atoms with van der Waals surface area (Å²) in [5.74, 6) is 0. The van der Waals surface area contributed by atoms with Gasteiger partial charge in [0.2, 0.25) is 0 Å². The van der Waals surface area contributed by atoms with Crippen LogP contribution in [0, 0.1) is 0 Å². The first-order valence-corrected chi connectivity index (χ1v) is 14.1. The normalized spacial score (nSPS) is 15.5. The molecule has 1 aliphatic heterocycles. The number of hydrogen-bond acceptors (Lipinski definition) is 5. The van der Waals surface area contributed by atoms with Crippen LogP contribution in [0.1, 0.15) is 11.7 Å². The molecule has 7 nitrogen and oxygen atoms in total. The van der Waals surface area contributed by atoms with Crippen LogP contribution in [0.25, 0.3) is 82.1 Å². The van der Waals surface area contributed by atoms with Gasteiger partial charge in [-0.25, -0.2) is 4.98 Å². The molecule has 0 fully saturated rings. The van der Waals surface area contributed by atoms with E-state index in [4.69, 9.17) is 10.3 Å². The lowest BCUT2D eigenvalue weighted by Gasteiger charge is -2.28. The molecule has 0 spiro atoms. The number of anilines is 1. The number of aromatic nitrogens is 2. The predicted molar refractivity (Wildman–Crippen MR) is 173 cm³/mol. The molecule has 9 aromatic rings. The summed E-state index contributed by atoms with van der Waals surface area (Å²) in [6, 6.07) is 28.9. The summed E-state index contributed by atoms with van der Waals surface area (Å²) in [7, 11) is 0. The summed E-state index contributed by atoms with van der Waals surface area (Å²) in [5.41, 5.74) is 4.31. The summed E-state index contributed by atoms with van der Waals surface area (Å²) in [6.07, 6.45) is 0.764. The summed E-state index contributed by atoms with van der Waals surface area (Å²) in [5, 5.41) is 27.1. The molecule has 0 saturated carbocycles. The summed E-state index contributed by atoms with van der Waals surface area (Å²) in [6.45, 7) is 0. The van der Waals surface area contributed by atoms with Crippen molar-refractivity contribution < 1.29 is 5.11 Å². The van der Waals surface area contributed by atoms with Gasteiger partial charge in [0.25, 0.3) is 5.56 Å². The third-order valence-electron chi connectivity index (χ3n) is 9.16. The number of imidazole rings is 1. The van der Waals surface area contributed by atoms with Crippen molar-refractivity contribution in [2.45, 2.75) is 6.17 Å². The van der Waals surface area contributed by atoms with E-state index >= 15 is 0 Å². The largest absolute Gasteiger partial charge is 0.660 e. The van der Waals surface area contributed by atoms with E-state index in [1.54, 1.807) is 4.40 Å². The average Bonchev–Trinajstić information content (AvgIpc) is 3.65. The Kier molecular flexibility index (Phi) is 4.04. The smallest absolute Gasteiger partial charge is 0.264 e. The van der Waals surface area contributed by atoms with Gasteiger partial charge in [0.15, 0.2) is 5.43 Å². The van der Waals surface area contributed by atoms with E-state index in [9.17, 15) is 14.7 Å². The van der Waals surface area contributed by atoms with Gasteiger partial charge in [0.1, 0.15) is 5.65 Å². The molecule has 0 aliphatic carbocycles. The highest BCUT2D eigenvalue weighted by Gasteiger charge is 2.24. The molecule has 1 unspecified atom stereocenters. The maximum atomic E-state index is 14.1. The lowest BCUT2D eigenvalue weighted by Crippen LogP contribution is -2.16. The third kappa shape index (κ3) is 2.67. The summed E-state index contributed by atoms with van der Waals surface area (Å²) < 4.78 is 1.62. The van der Waals surface area contributed by atoms with E-state index in [0.717, 1.165) is 77.3 Å². The minimum Gasteiger partial charge on any atom is -0.660 e. The van der Waals surface area contributed by atoms with Gasteiger partial charge in [-0.15, -0.1) is 5.69 Å². The van der Waals surface area contributed by atoms with Gasteiger partial charge in [-0.1, -0.05) is 60.7 Å². The van der Waals surface area contributed by atoms with Crippen LogP contribution in [0.4, 0.5) is 11.4 Å². The zero-order valence-electron chi connectivity index (χ0n) is 22.4. The van der Waals surface area contributed by atoms with Crippen molar-refractivity contribution in [1.29, 1.82) is 0 Å². The second-order valence-electron chi connectivity index (χ2n) is 11.2. The second-order valence-corrected chi connectivity index (χ2v) is 11.2. The molecule has 7 heteroatoms. The Labute approximate surface area is 241 Å². The van der Waals surface area contributed by atoms with E-state index in [0.29, 0.717) is 21.6 Å². The first kappa shape index (κ1) is 22.7. The number of fused-ring (bicyclic) bond motifs is 7. The van der Waals surface area contributed by atoms with Gasteiger partial charge in [-0.2, -0.15) is 0 Å². The molecule has 0 radical (unpaired) electrons. The molecule has 1 atom stereocenters. The van der Waals surface area contributed by atoms with Crippen molar-refractivity contribution in [2.75, 3.05) is 5.32 Å². The van der Waals surface area contributed by atoms with Crippen LogP contribution in [-0.4, -0.2) is 14.5 Å². The van der Waals surface area contributed by atoms with Gasteiger partial charge in [-0.3, -0.25) is 14.0 Å². The Morgan fingerprint density at radius 2 is 1.49 bits per heavy atom. The van der Waals surface area contributed by atoms with E-state index in [-0.39, 0.29) is 17.2 Å². The molecular weight excluding hydrogens is 536 g/mol. The van der Waals surface area contributed by atoms with Gasteiger partial charge >= 0.3 is 0 Å². The fourth-order valence-corrected chi connectivity index (χ4v) is 7.41.